The molecule has 2 N–H and O–H groups in total. The number of unbranched alkanes of at least 4 members (excludes halogenated alkanes) is 1. The number of alkyl halides is 1. The van der Waals surface area contributed by atoms with Gasteiger partial charge >= 0.3 is 0 Å². The number of halogens is 1. The Kier molecular flexibility index (Phi) is 6.30. The first-order valence-electron chi connectivity index (χ1n) is 5.47. The van der Waals surface area contributed by atoms with Crippen molar-refractivity contribution >= 4 is 39.2 Å². The van der Waals surface area contributed by atoms with Gasteiger partial charge in [-0.05, 0) is 19.8 Å². The van der Waals surface area contributed by atoms with E-state index < -0.39 is 10.8 Å². The lowest BCUT2D eigenvalue weighted by atomic mass is 10.3. The third-order valence-corrected chi connectivity index (χ3v) is 5.56. The fourth-order valence-corrected chi connectivity index (χ4v) is 4.21. The van der Waals surface area contributed by atoms with Gasteiger partial charge in [0, 0.05) is 23.8 Å². The highest BCUT2D eigenvalue weighted by atomic mass is 35.5. The Bertz CT molecular complexity index is 391. The van der Waals surface area contributed by atoms with E-state index in [1.165, 1.54) is 11.8 Å². The number of nitrogens with two attached hydrogens (primary N) is 1. The molecule has 1 unspecified atom stereocenters. The molecule has 1 heterocycles. The molecule has 1 rings (SSSR count). The van der Waals surface area contributed by atoms with Gasteiger partial charge in [-0.25, -0.2) is 0 Å². The van der Waals surface area contributed by atoms with Crippen LogP contribution < -0.4 is 5.73 Å². The molecule has 0 bridgehead atoms. The molecule has 0 amide bonds. The third kappa shape index (κ3) is 3.86. The van der Waals surface area contributed by atoms with Gasteiger partial charge in [-0.2, -0.15) is 0 Å². The van der Waals surface area contributed by atoms with Crippen LogP contribution in [-0.2, 0) is 10.8 Å². The van der Waals surface area contributed by atoms with Crippen LogP contribution in [0.5, 0.6) is 0 Å². The second-order valence-corrected chi connectivity index (χ2v) is 6.65. The molecule has 96 valence electrons. The molecule has 1 atom stereocenters. The van der Waals surface area contributed by atoms with Crippen LogP contribution >= 0.6 is 23.4 Å². The van der Waals surface area contributed by atoms with E-state index in [-0.39, 0.29) is 0 Å². The average Bonchev–Trinajstić information content (AvgIpc) is 2.58. The van der Waals surface area contributed by atoms with Crippen molar-refractivity contribution in [2.75, 3.05) is 18.2 Å². The van der Waals surface area contributed by atoms with Crippen molar-refractivity contribution in [3.05, 3.63) is 22.1 Å². The van der Waals surface area contributed by atoms with Gasteiger partial charge in [0.1, 0.15) is 9.28 Å². The number of aliphatic imine (C=N–C) groups is 1. The normalized spacial score (nSPS) is 20.4. The Balaban J connectivity index is 2.68. The summed E-state index contributed by atoms with van der Waals surface area (Å²) >= 11 is 6.98. The van der Waals surface area contributed by atoms with Crippen molar-refractivity contribution < 1.29 is 4.21 Å². The molecule has 17 heavy (non-hydrogen) atoms. The van der Waals surface area contributed by atoms with E-state index in [0.717, 1.165) is 17.9 Å². The molecule has 0 saturated carbocycles. The molecule has 0 saturated heterocycles. The van der Waals surface area contributed by atoms with Crippen LogP contribution in [0.15, 0.2) is 27.1 Å². The first-order chi connectivity index (χ1) is 8.11. The summed E-state index contributed by atoms with van der Waals surface area (Å²) in [6, 6.07) is 0. The molecular formula is C11H17ClN2OS2. The van der Waals surface area contributed by atoms with Crippen LogP contribution in [0.1, 0.15) is 19.8 Å². The van der Waals surface area contributed by atoms with Gasteiger partial charge in [0.05, 0.1) is 16.5 Å². The monoisotopic (exact) mass is 292 g/mol. The number of hydrogen-bond donors (Lipinski definition) is 1. The Morgan fingerprint density at radius 3 is 2.82 bits per heavy atom. The zero-order valence-corrected chi connectivity index (χ0v) is 12.3. The van der Waals surface area contributed by atoms with Crippen molar-refractivity contribution in [2.24, 2.45) is 10.7 Å². The zero-order chi connectivity index (χ0) is 12.8. The summed E-state index contributed by atoms with van der Waals surface area (Å²) in [7, 11) is -1.05. The van der Waals surface area contributed by atoms with Crippen LogP contribution in [0.4, 0.5) is 0 Å². The van der Waals surface area contributed by atoms with Gasteiger partial charge in [0.25, 0.3) is 0 Å². The number of allylic oxidation sites excluding steroid dienone is 1. The summed E-state index contributed by atoms with van der Waals surface area (Å²) < 4.78 is 12.7. The molecule has 1 aliphatic rings. The van der Waals surface area contributed by atoms with Crippen molar-refractivity contribution in [3.8, 4) is 0 Å². The quantitative estimate of drug-likeness (QED) is 0.605. The minimum Gasteiger partial charge on any atom is -0.397 e. The van der Waals surface area contributed by atoms with Gasteiger partial charge in [0.15, 0.2) is 0 Å². The topological polar surface area (TPSA) is 55.5 Å². The lowest BCUT2D eigenvalue weighted by Gasteiger charge is -2.01. The van der Waals surface area contributed by atoms with Crippen LogP contribution in [0.2, 0.25) is 0 Å². The van der Waals surface area contributed by atoms with Crippen molar-refractivity contribution in [1.82, 2.24) is 0 Å². The highest BCUT2D eigenvalue weighted by Gasteiger charge is 2.26. The van der Waals surface area contributed by atoms with E-state index in [0.29, 0.717) is 33.7 Å². The number of thioether (sulfide) groups is 1. The molecule has 0 radical (unpaired) electrons. The predicted octanol–water partition coefficient (Wildman–Crippen LogP) is 2.60. The summed E-state index contributed by atoms with van der Waals surface area (Å²) in [5.74, 6) is 1.20. The minimum atomic E-state index is -1.05. The Hall–Kier alpha value is -0.260. The summed E-state index contributed by atoms with van der Waals surface area (Å²) in [6.45, 7) is 6.51. The van der Waals surface area contributed by atoms with Crippen LogP contribution in [0.3, 0.4) is 0 Å². The summed E-state index contributed by atoms with van der Waals surface area (Å²) in [4.78, 5) is 4.29. The minimum absolute atomic E-state index is 0.534. The van der Waals surface area contributed by atoms with E-state index in [1.54, 1.807) is 0 Å². The molecule has 0 aromatic carbocycles. The number of hydrogen-bond acceptors (Lipinski definition) is 4. The Morgan fingerprint density at radius 2 is 2.24 bits per heavy atom. The Labute approximate surface area is 114 Å². The van der Waals surface area contributed by atoms with Gasteiger partial charge in [0.2, 0.25) is 0 Å². The van der Waals surface area contributed by atoms with E-state index in [9.17, 15) is 4.21 Å². The third-order valence-electron chi connectivity index (χ3n) is 2.21. The highest BCUT2D eigenvalue weighted by Crippen LogP contribution is 2.37. The van der Waals surface area contributed by atoms with Crippen LogP contribution in [0, 0.1) is 0 Å². The summed E-state index contributed by atoms with van der Waals surface area (Å²) in [5.41, 5.74) is 7.15. The second kappa shape index (κ2) is 7.24. The molecule has 6 heteroatoms. The molecular weight excluding hydrogens is 276 g/mol. The molecule has 0 fully saturated rings. The van der Waals surface area contributed by atoms with Gasteiger partial charge in [-0.1, -0.05) is 18.3 Å². The van der Waals surface area contributed by atoms with Crippen LogP contribution in [0.25, 0.3) is 0 Å². The van der Waals surface area contributed by atoms with Gasteiger partial charge in [-0.15, -0.1) is 11.6 Å². The maximum Gasteiger partial charge on any atom is 0.105 e. The van der Waals surface area contributed by atoms with Crippen molar-refractivity contribution in [1.29, 1.82) is 0 Å². The first-order valence-corrected chi connectivity index (χ1v) is 8.14. The van der Waals surface area contributed by atoms with E-state index in [4.69, 9.17) is 17.3 Å². The largest absolute Gasteiger partial charge is 0.397 e. The first kappa shape index (κ1) is 14.8. The molecule has 1 aliphatic heterocycles. The Morgan fingerprint density at radius 1 is 1.53 bits per heavy atom. The maximum atomic E-state index is 12.0. The zero-order valence-electron chi connectivity index (χ0n) is 9.87. The number of nitrogens with zero attached hydrogens (tertiary/aromatic N) is 1. The maximum absolute atomic E-state index is 12.0. The molecule has 0 spiro atoms. The fourth-order valence-electron chi connectivity index (χ4n) is 1.30. The van der Waals surface area contributed by atoms with E-state index in [1.807, 2.05) is 6.92 Å². The molecule has 0 aromatic rings. The molecule has 3 nitrogen and oxygen atoms in total. The standard InChI is InChI=1S/C11H17ClN2OS2/c1-3-14-10-8(2)9(13)11(16-10)17(15)7-5-4-6-12/h2-7,13H2,1H3. The van der Waals surface area contributed by atoms with Crippen molar-refractivity contribution in [2.45, 2.75) is 19.8 Å². The molecule has 0 aromatic heterocycles. The summed E-state index contributed by atoms with van der Waals surface area (Å²) in [5, 5.41) is 0.797. The van der Waals surface area contributed by atoms with Crippen LogP contribution in [-0.4, -0.2) is 27.4 Å². The second-order valence-electron chi connectivity index (χ2n) is 3.51. The van der Waals surface area contributed by atoms with Gasteiger partial charge in [-0.3, -0.25) is 9.20 Å². The SMILES string of the molecule is C=C1C(=NCC)SC(S(=O)CCCCCl)=C1N. The lowest BCUT2D eigenvalue weighted by Crippen LogP contribution is -2.05. The lowest BCUT2D eigenvalue weighted by molar-refractivity contribution is 0.684. The molecule has 0 aliphatic carbocycles. The number of rotatable bonds is 6. The smallest absolute Gasteiger partial charge is 0.105 e. The fraction of sp³-hybridized carbons (Fsp3) is 0.545. The summed E-state index contributed by atoms with van der Waals surface area (Å²) in [6.07, 6.45) is 1.72. The van der Waals surface area contributed by atoms with E-state index >= 15 is 0 Å². The predicted molar refractivity (Wildman–Crippen MR) is 78.9 cm³/mol. The average molecular weight is 293 g/mol. The highest BCUT2D eigenvalue weighted by molar-refractivity contribution is 8.27. The van der Waals surface area contributed by atoms with Gasteiger partial charge < -0.3 is 5.73 Å². The van der Waals surface area contributed by atoms with Crippen molar-refractivity contribution in [3.63, 3.8) is 0 Å². The van der Waals surface area contributed by atoms with E-state index in [2.05, 4.69) is 11.6 Å².